The van der Waals surface area contributed by atoms with Gasteiger partial charge in [-0.2, -0.15) is 54.6 Å². The Morgan fingerprint density at radius 1 is 0.368 bits per heavy atom. The molecule has 3 aromatic carbocycles. The third-order valence-corrected chi connectivity index (χ3v) is 1.67. The van der Waals surface area contributed by atoms with Crippen LogP contribution in [-0.2, 0) is 0 Å². The normalized spacial score (nSPS) is 6.32. The molecule has 0 spiro atoms. The molecule has 0 amide bonds. The topological polar surface area (TPSA) is 0 Å². The van der Waals surface area contributed by atoms with Gasteiger partial charge in [0.2, 0.25) is 0 Å². The SMILES string of the molecule is [Cl-].[Cl-].[Cl-].[U+3].c1cc[cH-]c1.c1cc[cH-]c1.c1cc[cH-]c1. The Kier molecular flexibility index (Phi) is 33.2. The molecule has 1 radical (unpaired) electrons. The predicted molar refractivity (Wildman–Crippen MR) is 66.1 cm³/mol. The van der Waals surface area contributed by atoms with Gasteiger partial charge in [-0.1, -0.05) is 0 Å². The van der Waals surface area contributed by atoms with Crippen molar-refractivity contribution in [3.8, 4) is 0 Å². The van der Waals surface area contributed by atoms with Gasteiger partial charge in [-0.05, 0) is 0 Å². The van der Waals surface area contributed by atoms with E-state index in [0.29, 0.717) is 0 Å². The summed E-state index contributed by atoms with van der Waals surface area (Å²) in [5.41, 5.74) is 0. The smallest absolute Gasteiger partial charge is 1.00 e. The molecule has 103 valence electrons. The Labute approximate surface area is 158 Å². The van der Waals surface area contributed by atoms with Gasteiger partial charge in [-0.15, -0.1) is 0 Å². The Morgan fingerprint density at radius 3 is 0.579 bits per heavy atom. The van der Waals surface area contributed by atoms with Crippen molar-refractivity contribution in [2.24, 2.45) is 0 Å². The van der Waals surface area contributed by atoms with Crippen molar-refractivity contribution >= 4 is 0 Å². The van der Waals surface area contributed by atoms with Gasteiger partial charge < -0.3 is 37.2 Å². The third kappa shape index (κ3) is 20.5. The van der Waals surface area contributed by atoms with Gasteiger partial charge in [-0.25, -0.2) is 36.4 Å². The van der Waals surface area contributed by atoms with Crippen LogP contribution in [0.2, 0.25) is 0 Å². The van der Waals surface area contributed by atoms with Crippen LogP contribution >= 0.6 is 0 Å². The second-order valence-corrected chi connectivity index (χ2v) is 2.89. The van der Waals surface area contributed by atoms with Gasteiger partial charge in [0, 0.05) is 0 Å². The molecule has 3 aromatic rings. The van der Waals surface area contributed by atoms with Crippen molar-refractivity contribution in [2.75, 3.05) is 0 Å². The van der Waals surface area contributed by atoms with Crippen LogP contribution < -0.4 is 37.2 Å². The Bertz CT molecular complexity index is 249. The molecule has 0 nitrogen and oxygen atoms in total. The summed E-state index contributed by atoms with van der Waals surface area (Å²) in [6.07, 6.45) is 0. The zero-order valence-corrected chi connectivity index (χ0v) is 16.7. The molecule has 0 atom stereocenters. The molecule has 0 bridgehead atoms. The molecule has 0 N–H and O–H groups in total. The van der Waals surface area contributed by atoms with E-state index in [9.17, 15) is 0 Å². The monoisotopic (exact) mass is 538 g/mol. The van der Waals surface area contributed by atoms with E-state index in [1.54, 1.807) is 0 Å². The number of hydrogen-bond donors (Lipinski definition) is 0. The maximum atomic E-state index is 2.00. The fourth-order valence-electron chi connectivity index (χ4n) is 0.962. The van der Waals surface area contributed by atoms with Crippen molar-refractivity contribution < 1.29 is 68.3 Å². The quantitative estimate of drug-likeness (QED) is 0.252. The molecular formula is C15H15Cl3U-3. The minimum absolute atomic E-state index is 0. The van der Waals surface area contributed by atoms with E-state index in [0.717, 1.165) is 0 Å². The molecule has 19 heavy (non-hydrogen) atoms. The first kappa shape index (κ1) is 27.3. The van der Waals surface area contributed by atoms with Crippen molar-refractivity contribution in [3.05, 3.63) is 91.0 Å². The van der Waals surface area contributed by atoms with Crippen molar-refractivity contribution in [2.45, 2.75) is 0 Å². The van der Waals surface area contributed by atoms with Crippen LogP contribution in [0.15, 0.2) is 91.0 Å². The molecular weight excluding hydrogens is 525 g/mol. The zero-order chi connectivity index (χ0) is 10.6. The van der Waals surface area contributed by atoms with E-state index in [2.05, 4.69) is 0 Å². The summed E-state index contributed by atoms with van der Waals surface area (Å²) in [5, 5.41) is 0. The van der Waals surface area contributed by atoms with Gasteiger partial charge in [0.25, 0.3) is 0 Å². The molecule has 3 rings (SSSR count). The van der Waals surface area contributed by atoms with Gasteiger partial charge in [0.15, 0.2) is 0 Å². The molecule has 0 saturated carbocycles. The van der Waals surface area contributed by atoms with E-state index in [1.807, 2.05) is 91.0 Å². The average molecular weight is 540 g/mol. The van der Waals surface area contributed by atoms with E-state index in [-0.39, 0.29) is 68.3 Å². The van der Waals surface area contributed by atoms with Gasteiger partial charge in [0.1, 0.15) is 0 Å². The van der Waals surface area contributed by atoms with Crippen molar-refractivity contribution in [1.29, 1.82) is 0 Å². The van der Waals surface area contributed by atoms with Gasteiger partial charge in [0.05, 0.1) is 0 Å². The average Bonchev–Trinajstić information content (AvgIpc) is 3.09. The Morgan fingerprint density at radius 2 is 0.526 bits per heavy atom. The molecule has 0 aromatic heterocycles. The molecule has 0 saturated heterocycles. The standard InChI is InChI=1S/3C5H5.3ClH.U/c3*1-2-4-5-3-1;;;;/h3*1-5H;3*1H;/q3*-1;;;;+3/p-3. The van der Waals surface area contributed by atoms with Crippen LogP contribution in [0.3, 0.4) is 0 Å². The first-order valence-electron chi connectivity index (χ1n) is 5.00. The van der Waals surface area contributed by atoms with Crippen LogP contribution in [0.25, 0.3) is 0 Å². The van der Waals surface area contributed by atoms with E-state index < -0.39 is 0 Å². The van der Waals surface area contributed by atoms with E-state index in [1.165, 1.54) is 0 Å². The Balaban J connectivity index is -0.0000000804. The molecule has 0 unspecified atom stereocenters. The summed E-state index contributed by atoms with van der Waals surface area (Å²) < 4.78 is 0. The molecule has 0 heterocycles. The van der Waals surface area contributed by atoms with Crippen LogP contribution in [0.5, 0.6) is 0 Å². The second kappa shape index (κ2) is 23.1. The van der Waals surface area contributed by atoms with E-state index in [4.69, 9.17) is 0 Å². The number of hydrogen-bond acceptors (Lipinski definition) is 0. The van der Waals surface area contributed by atoms with Gasteiger partial charge >= 0.3 is 31.1 Å². The van der Waals surface area contributed by atoms with E-state index >= 15 is 0 Å². The minimum atomic E-state index is 0. The fourth-order valence-corrected chi connectivity index (χ4v) is 0.962. The summed E-state index contributed by atoms with van der Waals surface area (Å²) in [4.78, 5) is 0. The molecule has 4 heteroatoms. The first-order valence-corrected chi connectivity index (χ1v) is 5.00. The number of rotatable bonds is 0. The van der Waals surface area contributed by atoms with Crippen LogP contribution in [0, 0.1) is 31.1 Å². The summed E-state index contributed by atoms with van der Waals surface area (Å²) in [6.45, 7) is 0. The van der Waals surface area contributed by atoms with Crippen LogP contribution in [0.1, 0.15) is 0 Å². The maximum absolute atomic E-state index is 2.00. The minimum Gasteiger partial charge on any atom is -1.00 e. The van der Waals surface area contributed by atoms with Crippen LogP contribution in [0.4, 0.5) is 0 Å². The molecule has 0 aliphatic carbocycles. The zero-order valence-electron chi connectivity index (χ0n) is 10.3. The molecule has 0 fully saturated rings. The largest absolute Gasteiger partial charge is 3.00 e. The van der Waals surface area contributed by atoms with Gasteiger partial charge in [-0.3, -0.25) is 0 Å². The van der Waals surface area contributed by atoms with Crippen molar-refractivity contribution in [1.82, 2.24) is 0 Å². The first-order chi connectivity index (χ1) is 7.50. The summed E-state index contributed by atoms with van der Waals surface area (Å²) in [7, 11) is 0. The molecule has 0 aliphatic heterocycles. The maximum Gasteiger partial charge on any atom is 3.00 e. The predicted octanol–water partition coefficient (Wildman–Crippen LogP) is -4.77. The molecule has 0 aliphatic rings. The summed E-state index contributed by atoms with van der Waals surface area (Å²) in [5.74, 6) is 0. The van der Waals surface area contributed by atoms with Crippen LogP contribution in [-0.4, -0.2) is 0 Å². The fraction of sp³-hybridized carbons (Fsp3) is 0. The second-order valence-electron chi connectivity index (χ2n) is 2.89. The Hall–Kier alpha value is -0.0281. The van der Waals surface area contributed by atoms with Crippen molar-refractivity contribution in [3.63, 3.8) is 0 Å². The number of halogens is 3. The summed E-state index contributed by atoms with van der Waals surface area (Å²) in [6, 6.07) is 30.0. The third-order valence-electron chi connectivity index (χ3n) is 1.67. The summed E-state index contributed by atoms with van der Waals surface area (Å²) >= 11 is 0.